The van der Waals surface area contributed by atoms with Gasteiger partial charge in [0, 0.05) is 17.1 Å². The molecule has 0 saturated carbocycles. The fraction of sp³-hybridized carbons (Fsp3) is 0.562. The molecule has 0 aliphatic rings. The smallest absolute Gasteiger partial charge is 0.257 e. The zero-order valence-corrected chi connectivity index (χ0v) is 14.8. The molecule has 0 aliphatic heterocycles. The van der Waals surface area contributed by atoms with Crippen molar-refractivity contribution in [3.63, 3.8) is 0 Å². The first-order valence-corrected chi connectivity index (χ1v) is 8.03. The van der Waals surface area contributed by atoms with Crippen molar-refractivity contribution in [3.05, 3.63) is 27.7 Å². The maximum Gasteiger partial charge on any atom is 0.257 e. The maximum atomic E-state index is 11.8. The number of ether oxygens (including phenoxy) is 1. The Labute approximate surface area is 135 Å². The highest BCUT2D eigenvalue weighted by Gasteiger charge is 2.12. The van der Waals surface area contributed by atoms with Crippen LogP contribution < -0.4 is 15.8 Å². The molecule has 1 aromatic rings. The van der Waals surface area contributed by atoms with Crippen molar-refractivity contribution in [1.82, 2.24) is 5.32 Å². The Balaban J connectivity index is 2.75. The molecule has 0 bridgehead atoms. The van der Waals surface area contributed by atoms with Crippen LogP contribution >= 0.6 is 15.9 Å². The van der Waals surface area contributed by atoms with Gasteiger partial charge in [-0.15, -0.1) is 0 Å². The molecule has 0 saturated heterocycles. The molecule has 1 atom stereocenters. The van der Waals surface area contributed by atoms with Crippen LogP contribution in [-0.4, -0.2) is 25.1 Å². The molecule has 1 aromatic carbocycles. The van der Waals surface area contributed by atoms with E-state index in [2.05, 4.69) is 35.1 Å². The minimum Gasteiger partial charge on any atom is -0.483 e. The van der Waals surface area contributed by atoms with E-state index in [4.69, 9.17) is 10.5 Å². The van der Waals surface area contributed by atoms with Crippen LogP contribution in [0.2, 0.25) is 0 Å². The highest BCUT2D eigenvalue weighted by molar-refractivity contribution is 9.10. The topological polar surface area (TPSA) is 64.3 Å². The highest BCUT2D eigenvalue weighted by atomic mass is 79.9. The summed E-state index contributed by atoms with van der Waals surface area (Å²) in [5.74, 6) is 1.09. The Hall–Kier alpha value is -1.07. The van der Waals surface area contributed by atoms with E-state index in [1.165, 1.54) is 0 Å². The standard InChI is InChI=1S/C16H25BrN2O2/c1-10(2)8-19-15(20)9-21-16-11(3)5-14(17)7-13(16)6-12(4)18/h5,7,10,12H,6,8-9,18H2,1-4H3,(H,19,20). The van der Waals surface area contributed by atoms with Crippen molar-refractivity contribution in [2.45, 2.75) is 40.2 Å². The van der Waals surface area contributed by atoms with Crippen molar-refractivity contribution < 1.29 is 9.53 Å². The van der Waals surface area contributed by atoms with Gasteiger partial charge in [0.25, 0.3) is 5.91 Å². The van der Waals surface area contributed by atoms with Crippen LogP contribution in [-0.2, 0) is 11.2 Å². The van der Waals surface area contributed by atoms with E-state index in [1.54, 1.807) is 0 Å². The van der Waals surface area contributed by atoms with Crippen LogP contribution in [0.5, 0.6) is 5.75 Å². The number of hydrogen-bond acceptors (Lipinski definition) is 3. The molecular weight excluding hydrogens is 332 g/mol. The highest BCUT2D eigenvalue weighted by Crippen LogP contribution is 2.29. The Morgan fingerprint density at radius 2 is 2.05 bits per heavy atom. The second-order valence-electron chi connectivity index (χ2n) is 5.88. The molecular formula is C16H25BrN2O2. The SMILES string of the molecule is Cc1cc(Br)cc(CC(C)N)c1OCC(=O)NCC(C)C. The predicted octanol–water partition coefficient (Wildman–Crippen LogP) is 2.80. The van der Waals surface area contributed by atoms with Crippen molar-refractivity contribution >= 4 is 21.8 Å². The van der Waals surface area contributed by atoms with Crippen molar-refractivity contribution in [2.75, 3.05) is 13.2 Å². The second kappa shape index (κ2) is 8.39. The first-order valence-electron chi connectivity index (χ1n) is 7.23. The number of nitrogens with two attached hydrogens (primary N) is 1. The molecule has 0 aliphatic carbocycles. The lowest BCUT2D eigenvalue weighted by Gasteiger charge is -2.16. The zero-order chi connectivity index (χ0) is 16.0. The lowest BCUT2D eigenvalue weighted by Crippen LogP contribution is -2.32. The maximum absolute atomic E-state index is 11.8. The summed E-state index contributed by atoms with van der Waals surface area (Å²) in [6.07, 6.45) is 0.712. The van der Waals surface area contributed by atoms with Crippen LogP contribution in [0.1, 0.15) is 31.9 Å². The minimum atomic E-state index is -0.0993. The van der Waals surface area contributed by atoms with Crippen LogP contribution in [0, 0.1) is 12.8 Å². The van der Waals surface area contributed by atoms with E-state index in [0.717, 1.165) is 21.3 Å². The number of hydrogen-bond donors (Lipinski definition) is 2. The lowest BCUT2D eigenvalue weighted by molar-refractivity contribution is -0.123. The molecule has 5 heteroatoms. The van der Waals surface area contributed by atoms with Gasteiger partial charge in [-0.2, -0.15) is 0 Å². The third kappa shape index (κ3) is 6.48. The van der Waals surface area contributed by atoms with Crippen LogP contribution in [0.3, 0.4) is 0 Å². The number of halogens is 1. The van der Waals surface area contributed by atoms with Gasteiger partial charge in [0.15, 0.2) is 6.61 Å². The van der Waals surface area contributed by atoms with E-state index in [-0.39, 0.29) is 18.6 Å². The number of benzene rings is 1. The van der Waals surface area contributed by atoms with E-state index < -0.39 is 0 Å². The summed E-state index contributed by atoms with van der Waals surface area (Å²) in [6.45, 7) is 8.73. The minimum absolute atomic E-state index is 0.0289. The van der Waals surface area contributed by atoms with E-state index in [0.29, 0.717) is 18.9 Å². The normalized spacial score (nSPS) is 12.3. The van der Waals surface area contributed by atoms with Crippen molar-refractivity contribution in [1.29, 1.82) is 0 Å². The number of amides is 1. The summed E-state index contributed by atoms with van der Waals surface area (Å²) >= 11 is 3.48. The van der Waals surface area contributed by atoms with Gasteiger partial charge in [0.1, 0.15) is 5.75 Å². The van der Waals surface area contributed by atoms with E-state index >= 15 is 0 Å². The van der Waals surface area contributed by atoms with Crippen LogP contribution in [0.25, 0.3) is 0 Å². The second-order valence-corrected chi connectivity index (χ2v) is 6.79. The van der Waals surface area contributed by atoms with Crippen molar-refractivity contribution in [3.8, 4) is 5.75 Å². The predicted molar refractivity (Wildman–Crippen MR) is 89.6 cm³/mol. The Morgan fingerprint density at radius 1 is 1.38 bits per heavy atom. The van der Waals surface area contributed by atoms with Gasteiger partial charge >= 0.3 is 0 Å². The van der Waals surface area contributed by atoms with Gasteiger partial charge < -0.3 is 15.8 Å². The zero-order valence-electron chi connectivity index (χ0n) is 13.2. The monoisotopic (exact) mass is 356 g/mol. The molecule has 0 aromatic heterocycles. The summed E-state index contributed by atoms with van der Waals surface area (Å²) in [6, 6.07) is 4.01. The third-order valence-corrected chi connectivity index (χ3v) is 3.37. The van der Waals surface area contributed by atoms with Gasteiger partial charge in [0.2, 0.25) is 0 Å². The van der Waals surface area contributed by atoms with E-state index in [9.17, 15) is 4.79 Å². The summed E-state index contributed by atoms with van der Waals surface area (Å²) in [7, 11) is 0. The Morgan fingerprint density at radius 3 is 2.62 bits per heavy atom. The number of carbonyl (C=O) groups is 1. The Kier molecular flexibility index (Phi) is 7.18. The molecule has 118 valence electrons. The first-order chi connectivity index (χ1) is 9.79. The molecule has 0 heterocycles. The quantitative estimate of drug-likeness (QED) is 0.789. The number of rotatable bonds is 7. The first kappa shape index (κ1) is 18.0. The molecule has 0 radical (unpaired) electrons. The summed E-state index contributed by atoms with van der Waals surface area (Å²) < 4.78 is 6.72. The molecule has 1 rings (SSSR count). The lowest BCUT2D eigenvalue weighted by atomic mass is 10.0. The summed E-state index contributed by atoms with van der Waals surface area (Å²) in [4.78, 5) is 11.8. The number of carbonyl (C=O) groups excluding carboxylic acids is 1. The van der Waals surface area contributed by atoms with E-state index in [1.807, 2.05) is 26.0 Å². The van der Waals surface area contributed by atoms with Gasteiger partial charge in [-0.25, -0.2) is 0 Å². The largest absolute Gasteiger partial charge is 0.483 e. The van der Waals surface area contributed by atoms with Gasteiger partial charge in [0.05, 0.1) is 0 Å². The average molecular weight is 357 g/mol. The van der Waals surface area contributed by atoms with Crippen LogP contribution in [0.4, 0.5) is 0 Å². The average Bonchev–Trinajstić information content (AvgIpc) is 2.34. The molecule has 0 spiro atoms. The molecule has 21 heavy (non-hydrogen) atoms. The fourth-order valence-corrected chi connectivity index (χ4v) is 2.63. The fourth-order valence-electron chi connectivity index (χ4n) is 2.01. The third-order valence-electron chi connectivity index (χ3n) is 2.91. The van der Waals surface area contributed by atoms with Gasteiger partial charge in [-0.3, -0.25) is 4.79 Å². The molecule has 1 amide bonds. The van der Waals surface area contributed by atoms with Crippen molar-refractivity contribution in [2.24, 2.45) is 11.7 Å². The van der Waals surface area contributed by atoms with Gasteiger partial charge in [-0.05, 0) is 49.4 Å². The molecule has 1 unspecified atom stereocenters. The van der Waals surface area contributed by atoms with Gasteiger partial charge in [-0.1, -0.05) is 29.8 Å². The number of nitrogens with one attached hydrogen (secondary N) is 1. The molecule has 4 nitrogen and oxygen atoms in total. The number of aryl methyl sites for hydroxylation is 1. The molecule has 3 N–H and O–H groups in total. The summed E-state index contributed by atoms with van der Waals surface area (Å²) in [5.41, 5.74) is 7.90. The molecule has 0 fully saturated rings. The van der Waals surface area contributed by atoms with Crippen LogP contribution in [0.15, 0.2) is 16.6 Å². The Bertz CT molecular complexity index is 487. The summed E-state index contributed by atoms with van der Waals surface area (Å²) in [5, 5.41) is 2.85.